The van der Waals surface area contributed by atoms with Gasteiger partial charge in [-0.05, 0) is 43.9 Å². The lowest BCUT2D eigenvalue weighted by molar-refractivity contribution is 0.0465. The number of amides is 1. The fourth-order valence-electron chi connectivity index (χ4n) is 4.44. The first-order chi connectivity index (χ1) is 14.6. The maximum Gasteiger partial charge on any atom is 0.255 e. The average Bonchev–Trinajstić information content (AvgIpc) is 3.36. The summed E-state index contributed by atoms with van der Waals surface area (Å²) in [6, 6.07) is 6.06. The van der Waals surface area contributed by atoms with Crippen LogP contribution in [0.15, 0.2) is 49.1 Å². The van der Waals surface area contributed by atoms with Gasteiger partial charge in [-0.15, -0.1) is 0 Å². The van der Waals surface area contributed by atoms with Gasteiger partial charge in [0.05, 0.1) is 35.3 Å². The van der Waals surface area contributed by atoms with Gasteiger partial charge in [0, 0.05) is 18.9 Å². The van der Waals surface area contributed by atoms with Crippen LogP contribution in [0.2, 0.25) is 0 Å². The van der Waals surface area contributed by atoms with Crippen molar-refractivity contribution < 1.29 is 13.9 Å². The standard InChI is InChI=1S/C22H20FN5O2/c1-13-10-27-19(11-26-13)30-18-9-14-8-17(18)28(12-14)22(29)15-4-2-5-16(23)20(15)21-24-6-3-7-25-21/h2-7,10-11,14,17-18H,8-9,12H2,1H3. The second-order valence-electron chi connectivity index (χ2n) is 7.75. The zero-order valence-electron chi connectivity index (χ0n) is 16.4. The van der Waals surface area contributed by atoms with Gasteiger partial charge in [-0.25, -0.2) is 19.3 Å². The Balaban J connectivity index is 1.42. The number of rotatable bonds is 4. The number of ether oxygens (including phenoxy) is 1. The predicted octanol–water partition coefficient (Wildman–Crippen LogP) is 3.06. The maximum atomic E-state index is 14.7. The van der Waals surface area contributed by atoms with E-state index < -0.39 is 5.82 Å². The van der Waals surface area contributed by atoms with Crippen molar-refractivity contribution in [3.05, 3.63) is 66.1 Å². The molecule has 1 amide bonds. The number of halogens is 1. The van der Waals surface area contributed by atoms with Gasteiger partial charge in [-0.1, -0.05) is 6.07 Å². The molecule has 3 atom stereocenters. The third kappa shape index (κ3) is 3.28. The molecule has 2 aliphatic rings. The van der Waals surface area contributed by atoms with E-state index in [4.69, 9.17) is 4.74 Å². The summed E-state index contributed by atoms with van der Waals surface area (Å²) in [5.74, 6) is 0.264. The Kier molecular flexibility index (Phi) is 4.61. The predicted molar refractivity (Wildman–Crippen MR) is 106 cm³/mol. The van der Waals surface area contributed by atoms with Gasteiger partial charge in [-0.2, -0.15) is 0 Å². The van der Waals surface area contributed by atoms with E-state index in [1.165, 1.54) is 18.5 Å². The molecule has 3 aromatic rings. The first-order valence-electron chi connectivity index (χ1n) is 9.92. The number of hydrogen-bond acceptors (Lipinski definition) is 6. The van der Waals surface area contributed by atoms with Gasteiger partial charge < -0.3 is 9.64 Å². The second kappa shape index (κ2) is 7.44. The summed E-state index contributed by atoms with van der Waals surface area (Å²) in [6.07, 6.45) is 7.90. The van der Waals surface area contributed by atoms with Gasteiger partial charge in [0.2, 0.25) is 5.88 Å². The highest BCUT2D eigenvalue weighted by Gasteiger charge is 2.48. The molecule has 0 spiro atoms. The zero-order valence-corrected chi connectivity index (χ0v) is 16.4. The van der Waals surface area contributed by atoms with E-state index in [9.17, 15) is 9.18 Å². The number of carbonyl (C=O) groups excluding carboxylic acids is 1. The van der Waals surface area contributed by atoms with E-state index in [0.29, 0.717) is 18.3 Å². The number of benzene rings is 1. The Morgan fingerprint density at radius 2 is 1.93 bits per heavy atom. The van der Waals surface area contributed by atoms with Crippen LogP contribution in [0.3, 0.4) is 0 Å². The van der Waals surface area contributed by atoms with E-state index in [1.54, 1.807) is 35.5 Å². The molecule has 8 heteroatoms. The fraction of sp³-hybridized carbons (Fsp3) is 0.318. The lowest BCUT2D eigenvalue weighted by Gasteiger charge is -2.33. The summed E-state index contributed by atoms with van der Waals surface area (Å²) < 4.78 is 20.7. The van der Waals surface area contributed by atoms with Crippen LogP contribution < -0.4 is 4.74 Å². The number of nitrogens with zero attached hydrogens (tertiary/aromatic N) is 5. The average molecular weight is 405 g/mol. The van der Waals surface area contributed by atoms with Crippen LogP contribution in [0.25, 0.3) is 11.4 Å². The van der Waals surface area contributed by atoms with E-state index >= 15 is 0 Å². The minimum atomic E-state index is -0.515. The fourth-order valence-corrected chi connectivity index (χ4v) is 4.44. The van der Waals surface area contributed by atoms with Crippen molar-refractivity contribution in [3.8, 4) is 17.3 Å². The largest absolute Gasteiger partial charge is 0.471 e. The van der Waals surface area contributed by atoms with E-state index in [-0.39, 0.29) is 35.0 Å². The molecule has 5 rings (SSSR count). The number of likely N-dealkylation sites (tertiary alicyclic amines) is 1. The van der Waals surface area contributed by atoms with Gasteiger partial charge in [0.1, 0.15) is 11.9 Å². The topological polar surface area (TPSA) is 81.1 Å². The molecule has 1 saturated heterocycles. The maximum absolute atomic E-state index is 14.7. The van der Waals surface area contributed by atoms with Gasteiger partial charge in [0.25, 0.3) is 5.91 Å². The smallest absolute Gasteiger partial charge is 0.255 e. The van der Waals surface area contributed by atoms with Crippen molar-refractivity contribution in [2.45, 2.75) is 31.9 Å². The molecule has 7 nitrogen and oxygen atoms in total. The SMILES string of the molecule is Cc1cnc(OC2CC3CC2N(C(=O)c2cccc(F)c2-c2ncccn2)C3)cn1. The molecule has 1 aliphatic heterocycles. The molecule has 1 aliphatic carbocycles. The normalized spacial score (nSPS) is 22.3. The number of carbonyl (C=O) groups is 1. The molecule has 2 bridgehead atoms. The number of aryl methyl sites for hydroxylation is 1. The van der Waals surface area contributed by atoms with Gasteiger partial charge in [0.15, 0.2) is 5.82 Å². The third-order valence-corrected chi connectivity index (χ3v) is 5.75. The van der Waals surface area contributed by atoms with Crippen LogP contribution in [-0.2, 0) is 0 Å². The summed E-state index contributed by atoms with van der Waals surface area (Å²) in [4.78, 5) is 32.0. The molecule has 30 heavy (non-hydrogen) atoms. The number of hydrogen-bond donors (Lipinski definition) is 0. The lowest BCUT2D eigenvalue weighted by Crippen LogP contribution is -2.47. The van der Waals surface area contributed by atoms with Crippen molar-refractivity contribution in [3.63, 3.8) is 0 Å². The molecule has 2 aromatic heterocycles. The van der Waals surface area contributed by atoms with E-state index in [0.717, 1.165) is 18.5 Å². The van der Waals surface area contributed by atoms with E-state index in [2.05, 4.69) is 19.9 Å². The van der Waals surface area contributed by atoms with Crippen LogP contribution in [-0.4, -0.2) is 49.4 Å². The molecule has 0 radical (unpaired) electrons. The first kappa shape index (κ1) is 18.6. The molecule has 3 heterocycles. The molecule has 2 fully saturated rings. The van der Waals surface area contributed by atoms with Crippen LogP contribution in [0.5, 0.6) is 5.88 Å². The van der Waals surface area contributed by atoms with Crippen molar-refractivity contribution in [1.82, 2.24) is 24.8 Å². The van der Waals surface area contributed by atoms with Crippen LogP contribution >= 0.6 is 0 Å². The molecule has 1 saturated carbocycles. The molecule has 3 unspecified atom stereocenters. The Labute approximate surface area is 173 Å². The second-order valence-corrected chi connectivity index (χ2v) is 7.75. The third-order valence-electron chi connectivity index (χ3n) is 5.75. The molecule has 152 valence electrons. The number of piperidine rings is 1. The van der Waals surface area contributed by atoms with Crippen molar-refractivity contribution in [2.75, 3.05) is 6.54 Å². The highest BCUT2D eigenvalue weighted by atomic mass is 19.1. The Hall–Kier alpha value is -3.42. The highest BCUT2D eigenvalue weighted by molar-refractivity contribution is 6.00. The van der Waals surface area contributed by atoms with Crippen molar-refractivity contribution in [1.29, 1.82) is 0 Å². The molecule has 1 aromatic carbocycles. The summed E-state index contributed by atoms with van der Waals surface area (Å²) in [7, 11) is 0. The van der Waals surface area contributed by atoms with Crippen molar-refractivity contribution >= 4 is 5.91 Å². The lowest BCUT2D eigenvalue weighted by atomic mass is 10.0. The molecule has 0 N–H and O–H groups in total. The summed E-state index contributed by atoms with van der Waals surface area (Å²) in [6.45, 7) is 2.50. The summed E-state index contributed by atoms with van der Waals surface area (Å²) in [5.41, 5.74) is 1.21. The van der Waals surface area contributed by atoms with Crippen LogP contribution in [0, 0.1) is 18.7 Å². The Bertz CT molecular complexity index is 1080. The Morgan fingerprint density at radius 1 is 1.10 bits per heavy atom. The summed E-state index contributed by atoms with van der Waals surface area (Å²) >= 11 is 0. The monoisotopic (exact) mass is 405 g/mol. The highest BCUT2D eigenvalue weighted by Crippen LogP contribution is 2.41. The minimum absolute atomic E-state index is 0.0848. The van der Waals surface area contributed by atoms with Crippen LogP contribution in [0.4, 0.5) is 4.39 Å². The Morgan fingerprint density at radius 3 is 2.67 bits per heavy atom. The quantitative estimate of drug-likeness (QED) is 0.664. The van der Waals surface area contributed by atoms with Crippen LogP contribution in [0.1, 0.15) is 28.9 Å². The molecular weight excluding hydrogens is 385 g/mol. The van der Waals surface area contributed by atoms with Crippen molar-refractivity contribution in [2.24, 2.45) is 5.92 Å². The summed E-state index contributed by atoms with van der Waals surface area (Å²) in [5, 5.41) is 0. The van der Waals surface area contributed by atoms with E-state index in [1.807, 2.05) is 6.92 Å². The number of fused-ring (bicyclic) bond motifs is 2. The number of aromatic nitrogens is 4. The molecular formula is C22H20FN5O2. The zero-order chi connectivity index (χ0) is 20.7. The minimum Gasteiger partial charge on any atom is -0.471 e. The van der Waals surface area contributed by atoms with Gasteiger partial charge >= 0.3 is 0 Å². The van der Waals surface area contributed by atoms with Gasteiger partial charge in [-0.3, -0.25) is 9.78 Å². The first-order valence-corrected chi connectivity index (χ1v) is 9.92.